The lowest BCUT2D eigenvalue weighted by atomic mass is 10.3. The van der Waals surface area contributed by atoms with E-state index in [1.165, 1.54) is 0 Å². The van der Waals surface area contributed by atoms with E-state index in [0.717, 1.165) is 0 Å². The molecule has 0 aliphatic carbocycles. The maximum Gasteiger partial charge on any atom is 0.303 e. The van der Waals surface area contributed by atoms with Gasteiger partial charge in [0.05, 0.1) is 5.69 Å². The molecule has 0 radical (unpaired) electrons. The summed E-state index contributed by atoms with van der Waals surface area (Å²) in [6.07, 6.45) is 1.06. The number of rotatable bonds is 8. The van der Waals surface area contributed by atoms with Gasteiger partial charge in [0.15, 0.2) is 0 Å². The zero-order chi connectivity index (χ0) is 13.2. The van der Waals surface area contributed by atoms with Gasteiger partial charge in [-0.1, -0.05) is 12.1 Å². The van der Waals surface area contributed by atoms with Crippen molar-refractivity contribution in [3.05, 3.63) is 30.3 Å². The van der Waals surface area contributed by atoms with Gasteiger partial charge in [0.25, 0.3) is 0 Å². The highest BCUT2D eigenvalue weighted by atomic mass is 16.4. The number of anilines is 1. The van der Waals surface area contributed by atoms with Gasteiger partial charge < -0.3 is 15.7 Å². The van der Waals surface area contributed by atoms with Crippen LogP contribution in [0.3, 0.4) is 0 Å². The predicted octanol–water partition coefficient (Wildman–Crippen LogP) is 1.07. The molecule has 5 nitrogen and oxygen atoms in total. The highest BCUT2D eigenvalue weighted by Crippen LogP contribution is 2.00. The van der Waals surface area contributed by atoms with Gasteiger partial charge in [0.1, 0.15) is 0 Å². The molecule has 0 spiro atoms. The molecule has 1 aromatic rings. The predicted molar refractivity (Wildman–Crippen MR) is 67.1 cm³/mol. The Morgan fingerprint density at radius 2 is 2.11 bits per heavy atom. The van der Waals surface area contributed by atoms with E-state index in [-0.39, 0.29) is 12.3 Å². The van der Waals surface area contributed by atoms with Crippen molar-refractivity contribution < 1.29 is 14.7 Å². The molecule has 18 heavy (non-hydrogen) atoms. The second-order valence-electron chi connectivity index (χ2n) is 3.75. The van der Waals surface area contributed by atoms with Crippen LogP contribution in [0.2, 0.25) is 0 Å². The monoisotopic (exact) mass is 248 g/mol. The molecule has 0 heterocycles. The molecular formula is C13H16N2O3. The lowest BCUT2D eigenvalue weighted by Gasteiger charge is -2.04. The summed E-state index contributed by atoms with van der Waals surface area (Å²) in [5.74, 6) is -0.901. The van der Waals surface area contributed by atoms with Crippen LogP contribution in [0, 0.1) is 12.1 Å². The summed E-state index contributed by atoms with van der Waals surface area (Å²) in [7, 11) is 0. The fourth-order valence-electron chi connectivity index (χ4n) is 1.33. The number of amides is 1. The minimum atomic E-state index is -0.801. The van der Waals surface area contributed by atoms with Crippen LogP contribution >= 0.6 is 0 Å². The third kappa shape index (κ3) is 6.51. The number of aliphatic carboxylic acids is 1. The minimum absolute atomic E-state index is 0.100. The molecular weight excluding hydrogens is 232 g/mol. The van der Waals surface area contributed by atoms with E-state index < -0.39 is 5.97 Å². The van der Waals surface area contributed by atoms with Gasteiger partial charge in [-0.25, -0.2) is 0 Å². The average Bonchev–Trinajstić information content (AvgIpc) is 2.34. The Hall–Kier alpha value is -2.06. The zero-order valence-electron chi connectivity index (χ0n) is 10.0. The molecule has 0 fully saturated rings. The summed E-state index contributed by atoms with van der Waals surface area (Å²) in [6.45, 7) is 1.13. The molecule has 96 valence electrons. The van der Waals surface area contributed by atoms with Crippen molar-refractivity contribution in [1.82, 2.24) is 5.32 Å². The number of hydrogen-bond donors (Lipinski definition) is 3. The number of carbonyl (C=O) groups excluding carboxylic acids is 1. The second-order valence-corrected chi connectivity index (χ2v) is 3.75. The Labute approximate surface area is 106 Å². The maximum absolute atomic E-state index is 11.5. The topological polar surface area (TPSA) is 78.4 Å². The Kier molecular flexibility index (Phi) is 6.30. The molecule has 5 heteroatoms. The summed E-state index contributed by atoms with van der Waals surface area (Å²) in [4.78, 5) is 21.7. The average molecular weight is 248 g/mol. The van der Waals surface area contributed by atoms with E-state index in [0.29, 0.717) is 31.6 Å². The van der Waals surface area contributed by atoms with Gasteiger partial charge in [-0.05, 0) is 31.2 Å². The third-order valence-corrected chi connectivity index (χ3v) is 2.20. The van der Waals surface area contributed by atoms with Crippen molar-refractivity contribution in [3.63, 3.8) is 0 Å². The first-order valence-electron chi connectivity index (χ1n) is 5.79. The maximum atomic E-state index is 11.5. The van der Waals surface area contributed by atoms with Crippen LogP contribution in [-0.4, -0.2) is 30.1 Å². The minimum Gasteiger partial charge on any atom is -0.481 e. The Balaban J connectivity index is 2.05. The van der Waals surface area contributed by atoms with E-state index >= 15 is 0 Å². The number of nitrogens with one attached hydrogen (secondary N) is 2. The summed E-state index contributed by atoms with van der Waals surface area (Å²) in [5.41, 5.74) is 0.605. The van der Waals surface area contributed by atoms with Crippen LogP contribution in [0.1, 0.15) is 19.3 Å². The van der Waals surface area contributed by atoms with E-state index in [9.17, 15) is 9.59 Å². The molecule has 0 bridgehead atoms. The second kappa shape index (κ2) is 8.09. The van der Waals surface area contributed by atoms with Crippen LogP contribution in [0.4, 0.5) is 5.69 Å². The first-order valence-corrected chi connectivity index (χ1v) is 5.79. The van der Waals surface area contributed by atoms with Crippen molar-refractivity contribution in [3.8, 4) is 0 Å². The van der Waals surface area contributed by atoms with Crippen molar-refractivity contribution in [2.75, 3.05) is 18.4 Å². The van der Waals surface area contributed by atoms with E-state index in [1.54, 1.807) is 18.2 Å². The standard InChI is InChI=1S/C13H16N2O3/c16-12(15-11-5-2-1-3-6-11)8-10-14-9-4-7-13(17)18/h1-2,5,14H,4,7-10H2,(H,15,16)(H,17,18). The normalized spacial score (nSPS) is 9.56. The highest BCUT2D eigenvalue weighted by molar-refractivity contribution is 5.90. The smallest absolute Gasteiger partial charge is 0.303 e. The summed E-state index contributed by atoms with van der Waals surface area (Å²) in [5, 5.41) is 14.1. The van der Waals surface area contributed by atoms with Crippen molar-refractivity contribution >= 4 is 17.6 Å². The number of carboxylic acid groups (broad SMARTS) is 1. The SMILES string of the molecule is O=C(O)CCCNCCC(=O)Nc1c#cccc1. The number of carbonyl (C=O) groups is 2. The fraction of sp³-hybridized carbons (Fsp3) is 0.385. The summed E-state index contributed by atoms with van der Waals surface area (Å²) in [6, 6.07) is 10.8. The van der Waals surface area contributed by atoms with Gasteiger partial charge >= 0.3 is 5.97 Å². The van der Waals surface area contributed by atoms with Crippen LogP contribution in [0.5, 0.6) is 0 Å². The molecule has 0 saturated carbocycles. The molecule has 0 unspecified atom stereocenters. The molecule has 0 saturated heterocycles. The summed E-state index contributed by atoms with van der Waals surface area (Å²) < 4.78 is 0. The van der Waals surface area contributed by atoms with Gasteiger partial charge in [-0.3, -0.25) is 9.59 Å². The van der Waals surface area contributed by atoms with Crippen LogP contribution in [0.25, 0.3) is 0 Å². The largest absolute Gasteiger partial charge is 0.481 e. The fourth-order valence-corrected chi connectivity index (χ4v) is 1.33. The van der Waals surface area contributed by atoms with Crippen LogP contribution < -0.4 is 10.6 Å². The Morgan fingerprint density at radius 3 is 2.78 bits per heavy atom. The molecule has 0 atom stereocenters. The van der Waals surface area contributed by atoms with Gasteiger partial charge in [-0.15, -0.1) is 0 Å². The first-order chi connectivity index (χ1) is 8.68. The Bertz CT molecular complexity index is 379. The first kappa shape index (κ1) is 14.0. The van der Waals surface area contributed by atoms with Crippen LogP contribution in [-0.2, 0) is 9.59 Å². The summed E-state index contributed by atoms with van der Waals surface area (Å²) >= 11 is 0. The van der Waals surface area contributed by atoms with Gasteiger partial charge in [-0.2, -0.15) is 0 Å². The van der Waals surface area contributed by atoms with Crippen molar-refractivity contribution in [2.45, 2.75) is 19.3 Å². The lowest BCUT2D eigenvalue weighted by Crippen LogP contribution is -2.23. The van der Waals surface area contributed by atoms with Crippen molar-refractivity contribution in [2.24, 2.45) is 0 Å². The number of hydrogen-bond acceptors (Lipinski definition) is 3. The molecule has 0 aromatic heterocycles. The molecule has 1 amide bonds. The highest BCUT2D eigenvalue weighted by Gasteiger charge is 2.01. The zero-order valence-corrected chi connectivity index (χ0v) is 10.0. The van der Waals surface area contributed by atoms with Gasteiger partial charge in [0.2, 0.25) is 5.91 Å². The lowest BCUT2D eigenvalue weighted by molar-refractivity contribution is -0.137. The van der Waals surface area contributed by atoms with E-state index in [1.807, 2.05) is 0 Å². The molecule has 0 aliphatic heterocycles. The molecule has 1 aromatic carbocycles. The molecule has 0 aliphatic rings. The molecule has 3 N–H and O–H groups in total. The third-order valence-electron chi connectivity index (χ3n) is 2.20. The quantitative estimate of drug-likeness (QED) is 0.601. The van der Waals surface area contributed by atoms with Gasteiger partial charge in [0, 0.05) is 19.4 Å². The van der Waals surface area contributed by atoms with Crippen LogP contribution in [0.15, 0.2) is 18.2 Å². The Morgan fingerprint density at radius 1 is 1.28 bits per heavy atom. The van der Waals surface area contributed by atoms with Crippen molar-refractivity contribution in [1.29, 1.82) is 0 Å². The van der Waals surface area contributed by atoms with E-state index in [2.05, 4.69) is 22.8 Å². The van der Waals surface area contributed by atoms with E-state index in [4.69, 9.17) is 5.11 Å². The number of carboxylic acids is 1. The molecule has 1 rings (SSSR count).